The summed E-state index contributed by atoms with van der Waals surface area (Å²) in [6.45, 7) is 8.50. The molecule has 0 radical (unpaired) electrons. The normalized spacial score (nSPS) is 16.5. The lowest BCUT2D eigenvalue weighted by Gasteiger charge is -2.35. The maximum Gasteiger partial charge on any atom is 0.253 e. The van der Waals surface area contributed by atoms with Crippen molar-refractivity contribution in [3.63, 3.8) is 0 Å². The van der Waals surface area contributed by atoms with Gasteiger partial charge in [0, 0.05) is 69.3 Å². The number of carbonyl (C=O) groups excluding carboxylic acids is 2. The third-order valence-corrected chi connectivity index (χ3v) is 7.04. The quantitative estimate of drug-likeness (QED) is 0.494. The summed E-state index contributed by atoms with van der Waals surface area (Å²) < 4.78 is 0. The molecule has 2 aliphatic rings. The maximum absolute atomic E-state index is 12.5. The highest BCUT2D eigenvalue weighted by atomic mass is 32.2. The van der Waals surface area contributed by atoms with E-state index in [0.717, 1.165) is 92.1 Å². The molecule has 0 unspecified atom stereocenters. The number of nitrogens with zero attached hydrogens (tertiary/aromatic N) is 5. The molecule has 2 amide bonds. The molecular weight excluding hydrogens is 422 g/mol. The first-order chi connectivity index (χ1) is 15.5. The van der Waals surface area contributed by atoms with Gasteiger partial charge in [-0.25, -0.2) is 9.97 Å². The first kappa shape index (κ1) is 22.6. The Hall–Kier alpha value is -2.61. The minimum absolute atomic E-state index is 0.131. The number of rotatable bonds is 6. The lowest BCUT2D eigenvalue weighted by Crippen LogP contribution is -2.48. The van der Waals surface area contributed by atoms with Crippen LogP contribution in [0.3, 0.4) is 0 Å². The summed E-state index contributed by atoms with van der Waals surface area (Å²) >= 11 is 1.62. The van der Waals surface area contributed by atoms with E-state index in [1.165, 1.54) is 0 Å². The van der Waals surface area contributed by atoms with E-state index in [0.29, 0.717) is 0 Å². The van der Waals surface area contributed by atoms with Crippen molar-refractivity contribution in [2.75, 3.05) is 44.2 Å². The number of thioether (sulfide) groups is 1. The van der Waals surface area contributed by atoms with E-state index >= 15 is 0 Å². The highest BCUT2D eigenvalue weighted by Gasteiger charge is 2.21. The molecule has 2 saturated heterocycles. The van der Waals surface area contributed by atoms with E-state index in [2.05, 4.69) is 17.9 Å². The van der Waals surface area contributed by atoms with Gasteiger partial charge >= 0.3 is 0 Å². The van der Waals surface area contributed by atoms with Crippen LogP contribution in [0, 0.1) is 0 Å². The van der Waals surface area contributed by atoms with Gasteiger partial charge in [0.25, 0.3) is 5.91 Å². The second-order valence-corrected chi connectivity index (χ2v) is 9.27. The fourth-order valence-electron chi connectivity index (χ4n) is 4.11. The van der Waals surface area contributed by atoms with Gasteiger partial charge in [-0.1, -0.05) is 30.8 Å². The standard InChI is InChI=1S/C24H31N5O2S/c1-3-21-16-22(28-14-12-27(13-15-28)18(2)30)26-24(25-21)32-17-19-6-8-20(9-7-19)23(31)29-10-4-5-11-29/h6-9,16H,3-5,10-15,17H2,1-2H3. The molecule has 0 bridgehead atoms. The van der Waals surface area contributed by atoms with Gasteiger partial charge in [-0.05, 0) is 37.0 Å². The van der Waals surface area contributed by atoms with E-state index in [9.17, 15) is 9.59 Å². The van der Waals surface area contributed by atoms with Crippen LogP contribution in [0.15, 0.2) is 35.5 Å². The lowest BCUT2D eigenvalue weighted by molar-refractivity contribution is -0.129. The monoisotopic (exact) mass is 453 g/mol. The van der Waals surface area contributed by atoms with Crippen LogP contribution in [-0.2, 0) is 17.0 Å². The van der Waals surface area contributed by atoms with E-state index in [-0.39, 0.29) is 11.8 Å². The van der Waals surface area contributed by atoms with Crippen molar-refractivity contribution in [3.05, 3.63) is 47.2 Å². The van der Waals surface area contributed by atoms with Crippen molar-refractivity contribution in [1.29, 1.82) is 0 Å². The Morgan fingerprint density at radius 3 is 2.25 bits per heavy atom. The topological polar surface area (TPSA) is 69.6 Å². The number of likely N-dealkylation sites (tertiary alicyclic amines) is 1. The predicted octanol–water partition coefficient (Wildman–Crippen LogP) is 3.24. The molecule has 7 nitrogen and oxygen atoms in total. The summed E-state index contributed by atoms with van der Waals surface area (Å²) in [5.41, 5.74) is 2.94. The molecule has 170 valence electrons. The van der Waals surface area contributed by atoms with Crippen molar-refractivity contribution in [3.8, 4) is 0 Å². The summed E-state index contributed by atoms with van der Waals surface area (Å²) in [7, 11) is 0. The van der Waals surface area contributed by atoms with Gasteiger partial charge in [0.2, 0.25) is 5.91 Å². The van der Waals surface area contributed by atoms with Crippen molar-refractivity contribution in [2.45, 2.75) is 44.0 Å². The Morgan fingerprint density at radius 2 is 1.62 bits per heavy atom. The molecule has 32 heavy (non-hydrogen) atoms. The van der Waals surface area contributed by atoms with Gasteiger partial charge in [-0.15, -0.1) is 0 Å². The molecule has 3 heterocycles. The zero-order valence-corrected chi connectivity index (χ0v) is 19.7. The average molecular weight is 454 g/mol. The van der Waals surface area contributed by atoms with Crippen LogP contribution in [0.2, 0.25) is 0 Å². The lowest BCUT2D eigenvalue weighted by atomic mass is 10.1. The molecule has 0 spiro atoms. The van der Waals surface area contributed by atoms with Crippen LogP contribution < -0.4 is 4.90 Å². The van der Waals surface area contributed by atoms with E-state index in [1.54, 1.807) is 18.7 Å². The highest BCUT2D eigenvalue weighted by Crippen LogP contribution is 2.24. The SMILES string of the molecule is CCc1cc(N2CCN(C(C)=O)CC2)nc(SCc2ccc(C(=O)N3CCCC3)cc2)n1. The second kappa shape index (κ2) is 10.3. The van der Waals surface area contributed by atoms with Gasteiger partial charge in [-0.3, -0.25) is 9.59 Å². The van der Waals surface area contributed by atoms with Crippen LogP contribution >= 0.6 is 11.8 Å². The number of piperazine rings is 1. The smallest absolute Gasteiger partial charge is 0.253 e. The van der Waals surface area contributed by atoms with Gasteiger partial charge in [0.05, 0.1) is 0 Å². The Labute approximate surface area is 194 Å². The van der Waals surface area contributed by atoms with Crippen LogP contribution in [0.4, 0.5) is 5.82 Å². The minimum Gasteiger partial charge on any atom is -0.353 e. The van der Waals surface area contributed by atoms with Crippen LogP contribution in [0.5, 0.6) is 0 Å². The van der Waals surface area contributed by atoms with Crippen molar-refractivity contribution < 1.29 is 9.59 Å². The molecule has 0 atom stereocenters. The molecule has 4 rings (SSSR count). The average Bonchev–Trinajstić information content (AvgIpc) is 3.37. The third-order valence-electron chi connectivity index (χ3n) is 6.12. The first-order valence-electron chi connectivity index (χ1n) is 11.4. The number of aryl methyl sites for hydroxylation is 1. The van der Waals surface area contributed by atoms with Crippen LogP contribution in [0.25, 0.3) is 0 Å². The molecule has 0 aliphatic carbocycles. The Bertz CT molecular complexity index is 951. The van der Waals surface area contributed by atoms with Crippen LogP contribution in [-0.4, -0.2) is 70.9 Å². The Kier molecular flexibility index (Phi) is 7.29. The number of anilines is 1. The number of benzene rings is 1. The van der Waals surface area contributed by atoms with Gasteiger partial charge < -0.3 is 14.7 Å². The van der Waals surface area contributed by atoms with Crippen molar-refractivity contribution >= 4 is 29.4 Å². The molecule has 8 heteroatoms. The summed E-state index contributed by atoms with van der Waals surface area (Å²) in [6, 6.07) is 9.98. The highest BCUT2D eigenvalue weighted by molar-refractivity contribution is 7.98. The molecule has 2 aliphatic heterocycles. The minimum atomic E-state index is 0.131. The molecule has 1 aromatic carbocycles. The third kappa shape index (κ3) is 5.41. The molecule has 2 aromatic rings. The fourth-order valence-corrected chi connectivity index (χ4v) is 4.94. The molecule has 0 N–H and O–H groups in total. The van der Waals surface area contributed by atoms with Gasteiger partial charge in [0.15, 0.2) is 5.16 Å². The number of hydrogen-bond acceptors (Lipinski definition) is 6. The Balaban J connectivity index is 1.39. The molecule has 2 fully saturated rings. The molecule has 0 saturated carbocycles. The maximum atomic E-state index is 12.5. The number of aromatic nitrogens is 2. The fraction of sp³-hybridized carbons (Fsp3) is 0.500. The number of amides is 2. The molecular formula is C24H31N5O2S. The number of carbonyl (C=O) groups is 2. The second-order valence-electron chi connectivity index (χ2n) is 8.33. The first-order valence-corrected chi connectivity index (χ1v) is 12.4. The Morgan fingerprint density at radius 1 is 0.938 bits per heavy atom. The van der Waals surface area contributed by atoms with Gasteiger partial charge in [-0.2, -0.15) is 0 Å². The predicted molar refractivity (Wildman–Crippen MR) is 127 cm³/mol. The zero-order chi connectivity index (χ0) is 22.5. The number of hydrogen-bond donors (Lipinski definition) is 0. The summed E-state index contributed by atoms with van der Waals surface area (Å²) in [5.74, 6) is 1.96. The summed E-state index contributed by atoms with van der Waals surface area (Å²) in [5, 5.41) is 0.769. The van der Waals surface area contributed by atoms with Crippen molar-refractivity contribution in [2.24, 2.45) is 0 Å². The van der Waals surface area contributed by atoms with E-state index < -0.39 is 0 Å². The summed E-state index contributed by atoms with van der Waals surface area (Å²) in [4.78, 5) is 39.7. The molecule has 1 aromatic heterocycles. The summed E-state index contributed by atoms with van der Waals surface area (Å²) in [6.07, 6.45) is 3.06. The van der Waals surface area contributed by atoms with Crippen LogP contribution in [0.1, 0.15) is 48.3 Å². The van der Waals surface area contributed by atoms with Gasteiger partial charge in [0.1, 0.15) is 5.82 Å². The van der Waals surface area contributed by atoms with Crippen molar-refractivity contribution in [1.82, 2.24) is 19.8 Å². The van der Waals surface area contributed by atoms with E-state index in [4.69, 9.17) is 9.97 Å². The zero-order valence-electron chi connectivity index (χ0n) is 18.9. The largest absolute Gasteiger partial charge is 0.353 e. The van der Waals surface area contributed by atoms with E-state index in [1.807, 2.05) is 34.1 Å².